The van der Waals surface area contributed by atoms with Gasteiger partial charge in [0.05, 0.1) is 0 Å². The van der Waals surface area contributed by atoms with Gasteiger partial charge in [0.2, 0.25) is 5.91 Å². The molecule has 1 aliphatic rings. The fraction of sp³-hybridized carbons (Fsp3) is 0.462. The molecule has 0 aromatic heterocycles. The average molecular weight is 459 g/mol. The summed E-state index contributed by atoms with van der Waals surface area (Å²) in [6, 6.07) is 7.43. The van der Waals surface area contributed by atoms with Crippen molar-refractivity contribution < 1.29 is 14.3 Å². The summed E-state index contributed by atoms with van der Waals surface area (Å²) in [5.41, 5.74) is 3.69. The number of amides is 2. The number of nitrogens with zero attached hydrogens (tertiary/aromatic N) is 1. The van der Waals surface area contributed by atoms with E-state index in [1.807, 2.05) is 69.0 Å². The van der Waals surface area contributed by atoms with Crippen LogP contribution in [0.2, 0.25) is 5.02 Å². The Morgan fingerprint density at radius 2 is 1.72 bits per heavy atom. The summed E-state index contributed by atoms with van der Waals surface area (Å²) >= 11 is 5.95. The minimum Gasteiger partial charge on any atom is -0.490 e. The van der Waals surface area contributed by atoms with Gasteiger partial charge in [0.25, 0.3) is 5.91 Å². The van der Waals surface area contributed by atoms with E-state index in [-0.39, 0.29) is 17.9 Å². The summed E-state index contributed by atoms with van der Waals surface area (Å²) in [7, 11) is 0. The van der Waals surface area contributed by atoms with Gasteiger partial charge in [0, 0.05) is 50.0 Å². The number of carbonyl (C=O) groups excluding carboxylic acids is 2. The molecule has 1 fully saturated rings. The molecule has 0 aliphatic carbocycles. The predicted molar refractivity (Wildman–Crippen MR) is 130 cm³/mol. The molecule has 1 aliphatic heterocycles. The smallest absolute Gasteiger partial charge is 0.251 e. The number of halogens is 1. The summed E-state index contributed by atoms with van der Waals surface area (Å²) in [5, 5.41) is 3.68. The average Bonchev–Trinajstić information content (AvgIpc) is 2.76. The number of rotatable bonds is 8. The zero-order valence-electron chi connectivity index (χ0n) is 19.8. The maximum atomic E-state index is 13.1. The first-order chi connectivity index (χ1) is 15.2. The standard InChI is InChI=1S/C26H35ClN2O3/c1-6-19(4)25(26(31)28-17-21-7-9-22(27)10-8-21)16-24(15-18(2)3)32-23-11-13-29(14-12-23)20(5)30/h7-10,15-16,23H,6,11-14,17H2,1-5H3,(H,28,31)/b24-16+,25-19?. The number of hydrogen-bond acceptors (Lipinski definition) is 3. The lowest BCUT2D eigenvalue weighted by Crippen LogP contribution is -2.39. The third-order valence-corrected chi connectivity index (χ3v) is 5.76. The second-order valence-corrected chi connectivity index (χ2v) is 8.88. The van der Waals surface area contributed by atoms with Crippen LogP contribution in [-0.2, 0) is 20.9 Å². The van der Waals surface area contributed by atoms with Crippen LogP contribution in [0.3, 0.4) is 0 Å². The summed E-state index contributed by atoms with van der Waals surface area (Å²) in [6.45, 7) is 11.4. The Kier molecular flexibility index (Phi) is 10.0. The number of carbonyl (C=O) groups is 2. The topological polar surface area (TPSA) is 58.6 Å². The second kappa shape index (κ2) is 12.5. The highest BCUT2D eigenvalue weighted by Crippen LogP contribution is 2.21. The lowest BCUT2D eigenvalue weighted by molar-refractivity contribution is -0.131. The molecule has 1 saturated heterocycles. The Morgan fingerprint density at radius 3 is 2.25 bits per heavy atom. The number of likely N-dealkylation sites (tertiary alicyclic amines) is 1. The van der Waals surface area contributed by atoms with Crippen molar-refractivity contribution in [2.45, 2.75) is 66.5 Å². The van der Waals surface area contributed by atoms with Crippen LogP contribution >= 0.6 is 11.6 Å². The Balaban J connectivity index is 2.17. The normalized spacial score (nSPS) is 15.7. The van der Waals surface area contributed by atoms with Gasteiger partial charge in [0.15, 0.2) is 0 Å². The van der Waals surface area contributed by atoms with Crippen molar-refractivity contribution in [3.05, 3.63) is 69.5 Å². The molecule has 0 atom stereocenters. The molecule has 32 heavy (non-hydrogen) atoms. The molecule has 174 valence electrons. The van der Waals surface area contributed by atoms with Gasteiger partial charge in [-0.15, -0.1) is 0 Å². The molecule has 1 aromatic rings. The molecule has 0 spiro atoms. The van der Waals surface area contributed by atoms with Crippen molar-refractivity contribution in [1.29, 1.82) is 0 Å². The molecule has 2 amide bonds. The predicted octanol–water partition coefficient (Wildman–Crippen LogP) is 5.56. The van der Waals surface area contributed by atoms with E-state index in [4.69, 9.17) is 16.3 Å². The van der Waals surface area contributed by atoms with Crippen LogP contribution in [0.4, 0.5) is 0 Å². The van der Waals surface area contributed by atoms with Crippen molar-refractivity contribution >= 4 is 23.4 Å². The minimum absolute atomic E-state index is 0.0211. The minimum atomic E-state index is -0.131. The molecule has 1 N–H and O–H groups in total. The first kappa shape index (κ1) is 25.7. The van der Waals surface area contributed by atoms with Crippen molar-refractivity contribution in [3.63, 3.8) is 0 Å². The maximum Gasteiger partial charge on any atom is 0.251 e. The first-order valence-corrected chi connectivity index (χ1v) is 11.6. The largest absolute Gasteiger partial charge is 0.490 e. The first-order valence-electron chi connectivity index (χ1n) is 11.2. The van der Waals surface area contributed by atoms with Gasteiger partial charge in [-0.05, 0) is 57.0 Å². The molecule has 6 heteroatoms. The molecule has 2 rings (SSSR count). The van der Waals surface area contributed by atoms with Crippen LogP contribution in [0.5, 0.6) is 0 Å². The number of hydrogen-bond donors (Lipinski definition) is 1. The van der Waals surface area contributed by atoms with Gasteiger partial charge < -0.3 is 15.0 Å². The summed E-state index contributed by atoms with van der Waals surface area (Å²) in [4.78, 5) is 26.5. The summed E-state index contributed by atoms with van der Waals surface area (Å²) < 4.78 is 6.30. The van der Waals surface area contributed by atoms with Gasteiger partial charge in [-0.25, -0.2) is 0 Å². The Bertz CT molecular complexity index is 888. The van der Waals surface area contributed by atoms with Crippen LogP contribution in [0.25, 0.3) is 0 Å². The van der Waals surface area contributed by atoms with Crippen molar-refractivity contribution in [1.82, 2.24) is 10.2 Å². The number of nitrogens with one attached hydrogen (secondary N) is 1. The third-order valence-electron chi connectivity index (χ3n) is 5.51. The van der Waals surface area contributed by atoms with Crippen LogP contribution in [-0.4, -0.2) is 35.9 Å². The van der Waals surface area contributed by atoms with E-state index in [0.29, 0.717) is 36.0 Å². The molecule has 0 saturated carbocycles. The molecule has 5 nitrogen and oxygen atoms in total. The molecule has 0 bridgehead atoms. The van der Waals surface area contributed by atoms with Crippen LogP contribution in [0.15, 0.2) is 58.9 Å². The lowest BCUT2D eigenvalue weighted by atomic mass is 10.0. The summed E-state index contributed by atoms with van der Waals surface area (Å²) in [5.74, 6) is 0.648. The maximum absolute atomic E-state index is 13.1. The van der Waals surface area contributed by atoms with Crippen LogP contribution in [0, 0.1) is 0 Å². The third kappa shape index (κ3) is 8.19. The molecule has 0 radical (unpaired) electrons. The van der Waals surface area contributed by atoms with Crippen molar-refractivity contribution in [3.8, 4) is 0 Å². The monoisotopic (exact) mass is 458 g/mol. The van der Waals surface area contributed by atoms with Crippen molar-refractivity contribution in [2.24, 2.45) is 0 Å². The lowest BCUT2D eigenvalue weighted by Gasteiger charge is -2.31. The van der Waals surface area contributed by atoms with E-state index in [1.165, 1.54) is 0 Å². The number of benzene rings is 1. The fourth-order valence-corrected chi connectivity index (χ4v) is 3.60. The number of ether oxygens (including phenoxy) is 1. The van der Waals surface area contributed by atoms with E-state index in [0.717, 1.165) is 36.0 Å². The van der Waals surface area contributed by atoms with Gasteiger partial charge in [-0.2, -0.15) is 0 Å². The van der Waals surface area contributed by atoms with E-state index >= 15 is 0 Å². The Hall–Kier alpha value is -2.53. The highest BCUT2D eigenvalue weighted by molar-refractivity contribution is 6.30. The Labute approximate surface area is 197 Å². The van der Waals surface area contributed by atoms with Crippen LogP contribution < -0.4 is 5.32 Å². The molecule has 1 heterocycles. The molecule has 1 aromatic carbocycles. The molecular formula is C26H35ClN2O3. The molecular weight excluding hydrogens is 424 g/mol. The van der Waals surface area contributed by atoms with E-state index < -0.39 is 0 Å². The zero-order chi connectivity index (χ0) is 23.7. The second-order valence-electron chi connectivity index (χ2n) is 8.45. The quantitative estimate of drug-likeness (QED) is 0.315. The number of allylic oxidation sites excluding steroid dienone is 3. The van der Waals surface area contributed by atoms with E-state index in [2.05, 4.69) is 5.32 Å². The van der Waals surface area contributed by atoms with E-state index in [1.54, 1.807) is 6.92 Å². The highest BCUT2D eigenvalue weighted by atomic mass is 35.5. The zero-order valence-corrected chi connectivity index (χ0v) is 20.6. The SMILES string of the molecule is CCC(C)=C(/C=C(\C=C(C)C)OC1CCN(C(C)=O)CC1)C(=O)NCc1ccc(Cl)cc1. The van der Waals surface area contributed by atoms with Gasteiger partial charge >= 0.3 is 0 Å². The van der Waals surface area contributed by atoms with Gasteiger partial charge in [-0.1, -0.05) is 41.8 Å². The van der Waals surface area contributed by atoms with E-state index in [9.17, 15) is 9.59 Å². The summed E-state index contributed by atoms with van der Waals surface area (Å²) in [6.07, 6.45) is 6.16. The van der Waals surface area contributed by atoms with Crippen LogP contribution in [0.1, 0.15) is 59.4 Å². The number of piperidine rings is 1. The Morgan fingerprint density at radius 1 is 1.09 bits per heavy atom. The fourth-order valence-electron chi connectivity index (χ4n) is 3.47. The van der Waals surface area contributed by atoms with Crippen molar-refractivity contribution in [2.75, 3.05) is 13.1 Å². The van der Waals surface area contributed by atoms with Gasteiger partial charge in [0.1, 0.15) is 11.9 Å². The highest BCUT2D eigenvalue weighted by Gasteiger charge is 2.22. The van der Waals surface area contributed by atoms with Gasteiger partial charge in [-0.3, -0.25) is 9.59 Å². The molecule has 0 unspecified atom stereocenters.